The maximum absolute atomic E-state index is 15.2. The van der Waals surface area contributed by atoms with E-state index in [0.717, 1.165) is 17.6 Å². The van der Waals surface area contributed by atoms with Gasteiger partial charge in [-0.1, -0.05) is 121 Å². The third-order valence-electron chi connectivity index (χ3n) is 14.2. The van der Waals surface area contributed by atoms with E-state index in [-0.39, 0.29) is 78.4 Å². The third kappa shape index (κ3) is 19.4. The van der Waals surface area contributed by atoms with Crippen LogP contribution in [-0.2, 0) is 97.1 Å². The number of benzene rings is 4. The van der Waals surface area contributed by atoms with Crippen molar-refractivity contribution in [3.05, 3.63) is 144 Å². The number of thioether (sulfide) groups is 1. The van der Waals surface area contributed by atoms with Gasteiger partial charge in [-0.3, -0.25) is 47.2 Å². The van der Waals surface area contributed by atoms with Crippen molar-refractivity contribution in [2.45, 2.75) is 120 Å². The van der Waals surface area contributed by atoms with E-state index in [1.165, 1.54) is 23.6 Å². The summed E-state index contributed by atoms with van der Waals surface area (Å²) in [6.07, 6.45) is -0.950. The number of phosphoric acid groups is 1. The fraction of sp³-hybridized carbons (Fsp3) is 0.458. The Bertz CT molecular complexity index is 2820. The number of esters is 1. The quantitative estimate of drug-likeness (QED) is 0.0496. The van der Waals surface area contributed by atoms with Gasteiger partial charge in [0.2, 0.25) is 35.4 Å². The molecule has 8 atom stereocenters. The molecule has 3 saturated heterocycles. The van der Waals surface area contributed by atoms with E-state index < -0.39 is 110 Å². The highest BCUT2D eigenvalue weighted by Gasteiger charge is 2.47. The van der Waals surface area contributed by atoms with Gasteiger partial charge in [0.05, 0.1) is 52.4 Å². The zero-order valence-corrected chi connectivity index (χ0v) is 49.0. The van der Waals surface area contributed by atoms with Crippen LogP contribution in [0.5, 0.6) is 0 Å². The molecule has 3 aliphatic heterocycles. The smallest absolute Gasteiger partial charge is 0.467 e. The molecule has 5 N–H and O–H groups in total. The van der Waals surface area contributed by atoms with Gasteiger partial charge in [-0.15, -0.1) is 0 Å². The SMILES string of the molecule is COC(=O)[C@@H]1C[C@@H]2CN1C(=O)[C@H]([C@@H](C)OP(=O)(OCc1ccccc1)OCc1ccccc1)NC(=O)[C@H](COCc1ccccc1)NC(=O)[C@@H](NC(=O)[C@H](CCSC)NC(=O)[C@@H]1CCCN1C(=O)OCc1ccccc1)CCC(=O)NCCO2. The molecular formula is C59H74N7O16PS. The number of carbonyl (C=O) groups excluding carboxylic acids is 8. The van der Waals surface area contributed by atoms with Crippen molar-refractivity contribution in [3.63, 3.8) is 0 Å². The number of amides is 7. The van der Waals surface area contributed by atoms with Crippen LogP contribution < -0.4 is 26.6 Å². The fourth-order valence-corrected chi connectivity index (χ4v) is 11.4. The van der Waals surface area contributed by atoms with Gasteiger partial charge in [0, 0.05) is 32.5 Å². The highest BCUT2D eigenvalue weighted by atomic mass is 32.2. The number of ether oxygens (including phenoxy) is 4. The number of nitrogens with one attached hydrogen (secondary N) is 5. The number of methoxy groups -OCH3 is 1. The summed E-state index contributed by atoms with van der Waals surface area (Å²) in [5.74, 6) is -5.19. The molecule has 25 heteroatoms. The molecule has 7 amide bonds. The van der Waals surface area contributed by atoms with Gasteiger partial charge in [0.15, 0.2) is 0 Å². The first-order valence-electron chi connectivity index (χ1n) is 27.8. The van der Waals surface area contributed by atoms with Crippen LogP contribution in [0.3, 0.4) is 0 Å². The first kappa shape index (κ1) is 64.4. The van der Waals surface area contributed by atoms with E-state index >= 15 is 9.59 Å². The van der Waals surface area contributed by atoms with Crippen LogP contribution in [0.2, 0.25) is 0 Å². The predicted octanol–water partition coefficient (Wildman–Crippen LogP) is 4.71. The van der Waals surface area contributed by atoms with Crippen LogP contribution in [-0.4, -0.2) is 158 Å². The van der Waals surface area contributed by atoms with Crippen molar-refractivity contribution in [1.82, 2.24) is 36.4 Å². The van der Waals surface area contributed by atoms with Gasteiger partial charge in [0.1, 0.15) is 42.9 Å². The highest BCUT2D eigenvalue weighted by molar-refractivity contribution is 7.98. The fourth-order valence-electron chi connectivity index (χ4n) is 9.63. The summed E-state index contributed by atoms with van der Waals surface area (Å²) in [5, 5.41) is 13.6. The number of nitrogens with zero attached hydrogens (tertiary/aromatic N) is 2. The summed E-state index contributed by atoms with van der Waals surface area (Å²) in [7, 11) is -3.53. The van der Waals surface area contributed by atoms with Crippen LogP contribution >= 0.6 is 19.6 Å². The first-order chi connectivity index (χ1) is 40.6. The molecule has 4 aromatic carbocycles. The molecular weight excluding hydrogens is 1130 g/mol. The highest BCUT2D eigenvalue weighted by Crippen LogP contribution is 2.52. The van der Waals surface area contributed by atoms with E-state index in [1.807, 2.05) is 24.5 Å². The lowest BCUT2D eigenvalue weighted by Gasteiger charge is -2.33. The maximum Gasteiger partial charge on any atom is 0.475 e. The van der Waals surface area contributed by atoms with E-state index in [4.69, 9.17) is 32.5 Å². The normalized spacial score (nSPS) is 21.6. The summed E-state index contributed by atoms with van der Waals surface area (Å²) in [6, 6.07) is 27.2. The van der Waals surface area contributed by atoms with E-state index in [9.17, 15) is 33.3 Å². The van der Waals surface area contributed by atoms with Crippen molar-refractivity contribution in [2.24, 2.45) is 0 Å². The predicted molar refractivity (Wildman–Crippen MR) is 308 cm³/mol. The average Bonchev–Trinajstić information content (AvgIpc) is 4.32. The molecule has 84 heavy (non-hydrogen) atoms. The molecule has 0 aromatic heterocycles. The van der Waals surface area contributed by atoms with Crippen molar-refractivity contribution < 1.29 is 75.4 Å². The minimum atomic E-state index is -4.68. The van der Waals surface area contributed by atoms with Crippen LogP contribution in [0, 0.1) is 0 Å². The summed E-state index contributed by atoms with van der Waals surface area (Å²) in [5.41, 5.74) is 2.69. The molecule has 23 nitrogen and oxygen atoms in total. The number of phosphoric ester groups is 1. The van der Waals surface area contributed by atoms with Crippen molar-refractivity contribution in [3.8, 4) is 0 Å². The standard InChI is InChI=1S/C59H74N7O16PS/c1-40(82-83(75,80-37-43-21-12-6-13-22-43)81-38-44-23-14-7-15-24-44)52-57(72)66-34-45(33-50(66)58(73)76-2)78-31-29-60-51(67)27-26-46(53(68)63-48(55(70)64-52)39-77-35-41-17-8-4-9-18-41)61-54(69)47(28-32-84-3)62-56(71)49-25-16-30-65(49)59(74)79-36-42-19-10-5-11-20-42/h4-15,17-24,40,45-50,52H,16,25-39H2,1-3H3,(H,60,67)(H,61,69)(H,62,71)(H,63,68)(H,64,70)/t40-,45-,46+,47+,48+,49+,50+,52+/m1/s1. The lowest BCUT2D eigenvalue weighted by atomic mass is 10.1. The second-order valence-corrected chi connectivity index (χ2v) is 22.9. The Balaban J connectivity index is 1.17. The van der Waals surface area contributed by atoms with Gasteiger partial charge >= 0.3 is 19.9 Å². The molecule has 3 aliphatic rings. The monoisotopic (exact) mass is 1200 g/mol. The molecule has 3 heterocycles. The minimum absolute atomic E-state index is 0.0118. The topological polar surface area (TPSA) is 285 Å². The molecule has 0 aliphatic carbocycles. The van der Waals surface area contributed by atoms with Gasteiger partial charge in [-0.25, -0.2) is 14.2 Å². The number of hydrogen-bond acceptors (Lipinski definition) is 17. The molecule has 0 unspecified atom stereocenters. The molecule has 7 rings (SSSR count). The number of likely N-dealkylation sites (tertiary alicyclic amines) is 1. The van der Waals surface area contributed by atoms with E-state index in [1.54, 1.807) is 103 Å². The van der Waals surface area contributed by atoms with Crippen LogP contribution in [0.25, 0.3) is 0 Å². The van der Waals surface area contributed by atoms with Gasteiger partial charge < -0.3 is 50.4 Å². The molecule has 3 fully saturated rings. The second-order valence-electron chi connectivity index (χ2n) is 20.3. The Morgan fingerprint density at radius 1 is 0.774 bits per heavy atom. The molecule has 0 saturated carbocycles. The zero-order valence-electron chi connectivity index (χ0n) is 47.3. The Hall–Kier alpha value is -7.18. The molecule has 0 radical (unpaired) electrons. The van der Waals surface area contributed by atoms with Crippen molar-refractivity contribution in [1.29, 1.82) is 0 Å². The second kappa shape index (κ2) is 32.8. The Kier molecular flexibility index (Phi) is 25.1. The van der Waals surface area contributed by atoms with E-state index in [2.05, 4.69) is 26.6 Å². The van der Waals surface area contributed by atoms with Gasteiger partial charge in [-0.05, 0) is 66.9 Å². The maximum atomic E-state index is 15.2. The van der Waals surface area contributed by atoms with Crippen LogP contribution in [0.1, 0.15) is 67.7 Å². The van der Waals surface area contributed by atoms with Gasteiger partial charge in [-0.2, -0.15) is 11.8 Å². The molecule has 0 spiro atoms. The first-order valence-corrected chi connectivity index (χ1v) is 30.7. The van der Waals surface area contributed by atoms with Gasteiger partial charge in [0.25, 0.3) is 0 Å². The lowest BCUT2D eigenvalue weighted by Crippen LogP contribution is -2.62. The van der Waals surface area contributed by atoms with Crippen molar-refractivity contribution >= 4 is 67.1 Å². The average molecular weight is 1200 g/mol. The van der Waals surface area contributed by atoms with E-state index in [0.29, 0.717) is 35.3 Å². The molecule has 2 bridgehead atoms. The van der Waals surface area contributed by atoms with Crippen LogP contribution in [0.15, 0.2) is 121 Å². The van der Waals surface area contributed by atoms with Crippen LogP contribution in [0.4, 0.5) is 4.79 Å². The van der Waals surface area contributed by atoms with Crippen molar-refractivity contribution in [2.75, 3.05) is 52.0 Å². The number of rotatable bonds is 23. The summed E-state index contributed by atoms with van der Waals surface area (Å²) < 4.78 is 55.6. The minimum Gasteiger partial charge on any atom is -0.467 e. The summed E-state index contributed by atoms with van der Waals surface area (Å²) in [4.78, 5) is 116. The zero-order chi connectivity index (χ0) is 59.8. The number of fused-ring (bicyclic) bond motifs is 2. The summed E-state index contributed by atoms with van der Waals surface area (Å²) >= 11 is 1.40. The number of hydrogen-bond donors (Lipinski definition) is 5. The summed E-state index contributed by atoms with van der Waals surface area (Å²) in [6.45, 7) is 0.250. The number of carbonyl (C=O) groups is 8. The molecule has 4 aromatic rings. The Morgan fingerprint density at radius 3 is 1.96 bits per heavy atom. The Morgan fingerprint density at radius 2 is 1.37 bits per heavy atom. The molecule has 452 valence electrons. The Labute approximate surface area is 492 Å². The largest absolute Gasteiger partial charge is 0.475 e. The lowest BCUT2D eigenvalue weighted by molar-refractivity contribution is -0.153. The third-order valence-corrected chi connectivity index (χ3v) is 16.3.